The van der Waals surface area contributed by atoms with E-state index < -0.39 is 4.92 Å². The molecule has 1 aliphatic rings. The Hall–Kier alpha value is -1.17. The lowest BCUT2D eigenvalue weighted by Gasteiger charge is -2.09. The summed E-state index contributed by atoms with van der Waals surface area (Å²) in [6.07, 6.45) is 2.18. The van der Waals surface area contributed by atoms with E-state index in [0.717, 1.165) is 19.5 Å². The van der Waals surface area contributed by atoms with Gasteiger partial charge in [0.2, 0.25) is 0 Å². The van der Waals surface area contributed by atoms with Gasteiger partial charge in [-0.25, -0.2) is 0 Å². The van der Waals surface area contributed by atoms with Gasteiger partial charge in [0, 0.05) is 17.7 Å². The summed E-state index contributed by atoms with van der Waals surface area (Å²) >= 11 is 5.76. The maximum absolute atomic E-state index is 10.9. The van der Waals surface area contributed by atoms with Crippen LogP contribution in [0.15, 0.2) is 18.2 Å². The van der Waals surface area contributed by atoms with E-state index in [1.54, 1.807) is 12.1 Å². The molecule has 104 valence electrons. The van der Waals surface area contributed by atoms with Crippen molar-refractivity contribution in [3.8, 4) is 0 Å². The molecule has 2 rings (SSSR count). The first-order chi connectivity index (χ1) is 9.16. The molecule has 19 heavy (non-hydrogen) atoms. The zero-order chi connectivity index (χ0) is 13.7. The number of nitrogens with one attached hydrogen (secondary N) is 1. The Kier molecular flexibility index (Phi) is 5.13. The van der Waals surface area contributed by atoms with Crippen molar-refractivity contribution in [2.45, 2.75) is 19.4 Å². The summed E-state index contributed by atoms with van der Waals surface area (Å²) in [5, 5.41) is 14.6. The maximum atomic E-state index is 10.9. The first-order valence-corrected chi connectivity index (χ1v) is 6.76. The minimum atomic E-state index is -0.425. The zero-order valence-electron chi connectivity index (χ0n) is 10.6. The van der Waals surface area contributed by atoms with Gasteiger partial charge in [-0.05, 0) is 44.0 Å². The third-order valence-corrected chi connectivity index (χ3v) is 3.57. The summed E-state index contributed by atoms with van der Waals surface area (Å²) in [5.41, 5.74) is 0.592. The molecule has 0 saturated carbocycles. The second kappa shape index (κ2) is 6.84. The van der Waals surface area contributed by atoms with Gasteiger partial charge >= 0.3 is 0 Å². The normalized spacial score (nSPS) is 18.7. The zero-order valence-corrected chi connectivity index (χ0v) is 11.4. The van der Waals surface area contributed by atoms with E-state index in [1.165, 1.54) is 12.5 Å². The molecule has 0 radical (unpaired) electrons. The van der Waals surface area contributed by atoms with Gasteiger partial charge in [-0.2, -0.15) is 0 Å². The average Bonchev–Trinajstić information content (AvgIpc) is 2.89. The van der Waals surface area contributed by atoms with E-state index in [2.05, 4.69) is 5.32 Å². The summed E-state index contributed by atoms with van der Waals surface area (Å²) in [7, 11) is 0. The van der Waals surface area contributed by atoms with Crippen LogP contribution in [0.4, 0.5) is 5.69 Å². The Morgan fingerprint density at radius 2 is 2.37 bits per heavy atom. The number of nitro groups is 1. The van der Waals surface area contributed by atoms with Crippen molar-refractivity contribution in [2.24, 2.45) is 5.92 Å². The number of nitro benzene ring substituents is 1. The highest BCUT2D eigenvalue weighted by Gasteiger charge is 2.16. The summed E-state index contributed by atoms with van der Waals surface area (Å²) in [4.78, 5) is 10.5. The number of rotatable bonds is 6. The molecule has 0 aromatic heterocycles. The van der Waals surface area contributed by atoms with Crippen LogP contribution in [0, 0.1) is 16.0 Å². The van der Waals surface area contributed by atoms with Crippen molar-refractivity contribution in [2.75, 3.05) is 19.7 Å². The van der Waals surface area contributed by atoms with Crippen LogP contribution in [0.3, 0.4) is 0 Å². The summed E-state index contributed by atoms with van der Waals surface area (Å²) < 4.78 is 5.54. The topological polar surface area (TPSA) is 64.4 Å². The van der Waals surface area contributed by atoms with Gasteiger partial charge in [-0.3, -0.25) is 10.1 Å². The number of nitrogens with zero attached hydrogens (tertiary/aromatic N) is 1. The molecule has 0 aliphatic carbocycles. The third kappa shape index (κ3) is 4.16. The fraction of sp³-hybridized carbons (Fsp3) is 0.538. The second-order valence-corrected chi connectivity index (χ2v) is 5.17. The highest BCUT2D eigenvalue weighted by atomic mass is 35.5. The number of benzene rings is 1. The van der Waals surface area contributed by atoms with Crippen LogP contribution in [-0.2, 0) is 11.3 Å². The smallest absolute Gasteiger partial charge is 0.276 e. The van der Waals surface area contributed by atoms with Crippen molar-refractivity contribution < 1.29 is 9.66 Å². The Bertz CT molecular complexity index is 448. The lowest BCUT2D eigenvalue weighted by atomic mass is 10.1. The van der Waals surface area contributed by atoms with Gasteiger partial charge in [0.15, 0.2) is 0 Å². The molecule has 0 bridgehead atoms. The van der Waals surface area contributed by atoms with E-state index in [9.17, 15) is 10.1 Å². The first-order valence-electron chi connectivity index (χ1n) is 6.38. The highest BCUT2D eigenvalue weighted by Crippen LogP contribution is 2.24. The fourth-order valence-electron chi connectivity index (χ4n) is 2.22. The molecule has 5 nitrogen and oxygen atoms in total. The van der Waals surface area contributed by atoms with Gasteiger partial charge in [-0.1, -0.05) is 11.6 Å². The number of hydrogen-bond acceptors (Lipinski definition) is 4. The summed E-state index contributed by atoms with van der Waals surface area (Å²) in [6.45, 7) is 3.01. The van der Waals surface area contributed by atoms with Crippen molar-refractivity contribution >= 4 is 17.3 Å². The van der Waals surface area contributed by atoms with Gasteiger partial charge < -0.3 is 10.1 Å². The molecular weight excluding hydrogens is 268 g/mol. The first kappa shape index (κ1) is 14.2. The molecule has 1 unspecified atom stereocenters. The predicted molar refractivity (Wildman–Crippen MR) is 73.4 cm³/mol. The Morgan fingerprint density at radius 3 is 3.05 bits per heavy atom. The molecule has 1 saturated heterocycles. The van der Waals surface area contributed by atoms with Crippen LogP contribution < -0.4 is 5.32 Å². The molecule has 1 aromatic rings. The molecule has 0 amide bonds. The molecule has 1 heterocycles. The van der Waals surface area contributed by atoms with Crippen LogP contribution in [0.5, 0.6) is 0 Å². The van der Waals surface area contributed by atoms with Crippen molar-refractivity contribution in [1.82, 2.24) is 5.32 Å². The predicted octanol–water partition coefficient (Wildman–Crippen LogP) is 2.76. The van der Waals surface area contributed by atoms with Crippen LogP contribution in [0.25, 0.3) is 0 Å². The van der Waals surface area contributed by atoms with Gasteiger partial charge in [0.05, 0.1) is 17.1 Å². The Morgan fingerprint density at radius 1 is 1.53 bits per heavy atom. The quantitative estimate of drug-likeness (QED) is 0.496. The number of halogens is 1. The van der Waals surface area contributed by atoms with E-state index >= 15 is 0 Å². The van der Waals surface area contributed by atoms with Gasteiger partial charge in [0.1, 0.15) is 0 Å². The van der Waals surface area contributed by atoms with Crippen LogP contribution in [0.1, 0.15) is 18.4 Å². The molecule has 1 atom stereocenters. The van der Waals surface area contributed by atoms with Gasteiger partial charge in [-0.15, -0.1) is 0 Å². The van der Waals surface area contributed by atoms with Crippen LogP contribution in [0.2, 0.25) is 5.02 Å². The molecule has 1 fully saturated rings. The Balaban J connectivity index is 1.83. The minimum Gasteiger partial charge on any atom is -0.376 e. The van der Waals surface area contributed by atoms with E-state index in [1.807, 2.05) is 0 Å². The Labute approximate surface area is 117 Å². The lowest BCUT2D eigenvalue weighted by molar-refractivity contribution is -0.385. The number of hydrogen-bond donors (Lipinski definition) is 1. The molecule has 1 aromatic carbocycles. The van der Waals surface area contributed by atoms with Gasteiger partial charge in [0.25, 0.3) is 5.69 Å². The van der Waals surface area contributed by atoms with E-state index in [4.69, 9.17) is 16.3 Å². The highest BCUT2D eigenvalue weighted by molar-refractivity contribution is 6.30. The molecular formula is C13H17ClN2O3. The van der Waals surface area contributed by atoms with Crippen LogP contribution >= 0.6 is 11.6 Å². The standard InChI is InChI=1S/C13H17ClN2O3/c14-12-2-1-11(13(7-12)16(17)18)9-19-6-4-10-3-5-15-8-10/h1-2,7,10,15H,3-6,8-9H2. The second-order valence-electron chi connectivity index (χ2n) is 4.73. The monoisotopic (exact) mass is 284 g/mol. The molecule has 1 aliphatic heterocycles. The van der Waals surface area contributed by atoms with Crippen molar-refractivity contribution in [3.05, 3.63) is 38.9 Å². The average molecular weight is 285 g/mol. The minimum absolute atomic E-state index is 0.0232. The third-order valence-electron chi connectivity index (χ3n) is 3.33. The maximum Gasteiger partial charge on any atom is 0.276 e. The molecule has 1 N–H and O–H groups in total. The largest absolute Gasteiger partial charge is 0.376 e. The summed E-state index contributed by atoms with van der Waals surface area (Å²) in [6, 6.07) is 4.66. The lowest BCUT2D eigenvalue weighted by Crippen LogP contribution is -2.11. The van der Waals surface area contributed by atoms with E-state index in [0.29, 0.717) is 23.1 Å². The number of ether oxygens (including phenoxy) is 1. The van der Waals surface area contributed by atoms with E-state index in [-0.39, 0.29) is 12.3 Å². The van der Waals surface area contributed by atoms with Crippen molar-refractivity contribution in [1.29, 1.82) is 0 Å². The molecule has 0 spiro atoms. The van der Waals surface area contributed by atoms with Crippen molar-refractivity contribution in [3.63, 3.8) is 0 Å². The molecule has 6 heteroatoms. The SMILES string of the molecule is O=[N+]([O-])c1cc(Cl)ccc1COCCC1CCNC1. The summed E-state index contributed by atoms with van der Waals surface area (Å²) in [5.74, 6) is 0.667. The fourth-order valence-corrected chi connectivity index (χ4v) is 2.39. The van der Waals surface area contributed by atoms with Crippen LogP contribution in [-0.4, -0.2) is 24.6 Å².